The van der Waals surface area contributed by atoms with Gasteiger partial charge in [0.2, 0.25) is 11.1 Å². The fourth-order valence-electron chi connectivity index (χ4n) is 3.95. The number of rotatable bonds is 9. The molecule has 1 amide bonds. The number of amides is 1. The normalized spacial score (nSPS) is 18.7. The third-order valence-electron chi connectivity index (χ3n) is 5.87. The molecule has 0 radical (unpaired) electrons. The van der Waals surface area contributed by atoms with Crippen LogP contribution in [0.1, 0.15) is 28.9 Å². The molecule has 1 aromatic heterocycles. The van der Waals surface area contributed by atoms with Gasteiger partial charge in [-0.3, -0.25) is 9.78 Å². The molecule has 36 heavy (non-hydrogen) atoms. The number of nitrogens with zero attached hydrogens (tertiary/aromatic N) is 2. The van der Waals surface area contributed by atoms with E-state index in [1.807, 2.05) is 24.3 Å². The summed E-state index contributed by atoms with van der Waals surface area (Å²) in [6.07, 6.45) is 2.76. The number of hydroxylamine groups is 2. The molecule has 3 atom stereocenters. The van der Waals surface area contributed by atoms with Crippen LogP contribution in [0.5, 0.6) is 0 Å². The lowest BCUT2D eigenvalue weighted by Gasteiger charge is -2.37. The zero-order chi connectivity index (χ0) is 24.6. The zero-order valence-corrected chi connectivity index (χ0v) is 21.1. The van der Waals surface area contributed by atoms with Crippen molar-refractivity contribution in [3.8, 4) is 11.1 Å². The first-order chi connectivity index (χ1) is 17.0. The lowest BCUT2D eigenvalue weighted by molar-refractivity contribution is -0.291. The van der Waals surface area contributed by atoms with Crippen LogP contribution >= 0.6 is 0 Å². The van der Waals surface area contributed by atoms with E-state index in [2.05, 4.69) is 41.5 Å². The molecule has 2 aromatic carbocycles. The third-order valence-corrected chi connectivity index (χ3v) is 6.85. The van der Waals surface area contributed by atoms with E-state index in [1.165, 1.54) is 12.7 Å². The Labute approximate surface area is 213 Å². The van der Waals surface area contributed by atoms with Crippen LogP contribution < -0.4 is 5.32 Å². The first-order valence-electron chi connectivity index (χ1n) is 11.4. The second-order valence-electron chi connectivity index (χ2n) is 8.36. The van der Waals surface area contributed by atoms with Crippen LogP contribution in [0.25, 0.3) is 11.1 Å². The molecule has 0 spiro atoms. The number of aromatic nitrogens is 1. The summed E-state index contributed by atoms with van der Waals surface area (Å²) in [6.45, 7) is 2.73. The quantitative estimate of drug-likeness (QED) is 0.345. The van der Waals surface area contributed by atoms with Crippen LogP contribution in [-0.4, -0.2) is 58.0 Å². The lowest BCUT2D eigenvalue weighted by Crippen LogP contribution is -2.51. The van der Waals surface area contributed by atoms with Crippen molar-refractivity contribution in [1.29, 1.82) is 0 Å². The maximum absolute atomic E-state index is 13.0. The fraction of sp³-hybridized carbons (Fsp3) is 0.308. The smallest absolute Gasteiger partial charge is 0.270 e. The largest absolute Gasteiger partial charge is 0.412 e. The van der Waals surface area contributed by atoms with Gasteiger partial charge in [0.25, 0.3) is 5.91 Å². The lowest BCUT2D eigenvalue weighted by atomic mass is 9.99. The Balaban J connectivity index is 0.00000361. The van der Waals surface area contributed by atoms with Gasteiger partial charge in [0, 0.05) is 18.8 Å². The summed E-state index contributed by atoms with van der Waals surface area (Å²) < 4.78 is 18.8. The van der Waals surface area contributed by atoms with E-state index in [9.17, 15) is 9.00 Å². The maximum atomic E-state index is 13.0. The maximum Gasteiger partial charge on any atom is 0.270 e. The molecular weight excluding hydrogens is 482 g/mol. The standard InChI is InChI=1S/C26H29N3O5S.H2O/c1-19-6-8-20(9-7-19)21-10-12-24(13-11-21)35(31)34-29-16-14-22(17-23(29)18-33-32-2)28-26(30)25-5-3-4-15-27-25;/h3-13,15,22-23H,14,16-18H2,1-2H3,(H,28,30);1H2. The second-order valence-corrected chi connectivity index (χ2v) is 9.44. The van der Waals surface area contributed by atoms with E-state index in [1.54, 1.807) is 29.5 Å². The van der Waals surface area contributed by atoms with E-state index < -0.39 is 11.1 Å². The summed E-state index contributed by atoms with van der Waals surface area (Å²) in [5, 5.41) is 4.68. The van der Waals surface area contributed by atoms with Gasteiger partial charge in [-0.15, -0.1) is 0 Å². The van der Waals surface area contributed by atoms with Crippen LogP contribution in [0, 0.1) is 6.92 Å². The number of aryl methyl sites for hydroxylation is 1. The molecule has 3 N–H and O–H groups in total. The van der Waals surface area contributed by atoms with Crippen LogP contribution in [0.15, 0.2) is 77.8 Å². The number of hydrogen-bond donors (Lipinski definition) is 1. The van der Waals surface area contributed by atoms with Crippen molar-refractivity contribution in [2.75, 3.05) is 20.3 Å². The van der Waals surface area contributed by atoms with Crippen LogP contribution in [0.3, 0.4) is 0 Å². The highest BCUT2D eigenvalue weighted by molar-refractivity contribution is 7.80. The third kappa shape index (κ3) is 7.26. The molecule has 0 saturated carbocycles. The average Bonchev–Trinajstić information content (AvgIpc) is 2.89. The van der Waals surface area contributed by atoms with Crippen LogP contribution in [0.2, 0.25) is 0 Å². The predicted molar refractivity (Wildman–Crippen MR) is 136 cm³/mol. The van der Waals surface area contributed by atoms with Crippen molar-refractivity contribution < 1.29 is 28.5 Å². The molecule has 1 aliphatic rings. The summed E-state index contributed by atoms with van der Waals surface area (Å²) in [4.78, 5) is 27.1. The topological polar surface area (TPSA) is 121 Å². The summed E-state index contributed by atoms with van der Waals surface area (Å²) in [6, 6.07) is 20.6. The van der Waals surface area contributed by atoms with Gasteiger partial charge in [0.15, 0.2) is 0 Å². The van der Waals surface area contributed by atoms with Crippen molar-refractivity contribution in [2.24, 2.45) is 0 Å². The molecule has 1 aliphatic heterocycles. The van der Waals surface area contributed by atoms with Crippen molar-refractivity contribution in [3.63, 3.8) is 0 Å². The number of hydrogen-bond acceptors (Lipinski definition) is 7. The SMILES string of the molecule is COOCC1CC(NC(=O)c2ccccn2)CCN1OS(=O)c1ccc(-c2ccc(C)cc2)cc1.O. The molecule has 9 nitrogen and oxygen atoms in total. The van der Waals surface area contributed by atoms with Gasteiger partial charge in [-0.1, -0.05) is 48.0 Å². The Morgan fingerprint density at radius 3 is 2.42 bits per heavy atom. The van der Waals surface area contributed by atoms with E-state index >= 15 is 0 Å². The highest BCUT2D eigenvalue weighted by Crippen LogP contribution is 2.24. The predicted octanol–water partition coefficient (Wildman–Crippen LogP) is 3.03. The van der Waals surface area contributed by atoms with Gasteiger partial charge in [0.1, 0.15) is 12.3 Å². The molecule has 1 fully saturated rings. The Morgan fingerprint density at radius 2 is 1.78 bits per heavy atom. The van der Waals surface area contributed by atoms with E-state index in [0.717, 1.165) is 11.1 Å². The van der Waals surface area contributed by atoms with Crippen molar-refractivity contribution in [3.05, 3.63) is 84.2 Å². The first kappa shape index (κ1) is 27.6. The van der Waals surface area contributed by atoms with Gasteiger partial charge >= 0.3 is 0 Å². The van der Waals surface area contributed by atoms with E-state index in [0.29, 0.717) is 30.0 Å². The Hall–Kier alpha value is -2.99. The molecule has 3 aromatic rings. The monoisotopic (exact) mass is 513 g/mol. The number of nitrogens with one attached hydrogen (secondary N) is 1. The average molecular weight is 514 g/mol. The number of carbonyl (C=O) groups excluding carboxylic acids is 1. The molecular formula is C26H31N3O6S. The number of benzene rings is 2. The molecule has 3 unspecified atom stereocenters. The summed E-state index contributed by atoms with van der Waals surface area (Å²) >= 11 is -1.69. The fourth-order valence-corrected chi connectivity index (χ4v) is 4.76. The number of pyridine rings is 1. The van der Waals surface area contributed by atoms with Gasteiger partial charge < -0.3 is 10.8 Å². The zero-order valence-electron chi connectivity index (χ0n) is 20.3. The van der Waals surface area contributed by atoms with Gasteiger partial charge in [-0.05, 0) is 55.2 Å². The van der Waals surface area contributed by atoms with E-state index in [-0.39, 0.29) is 30.1 Å². The minimum Gasteiger partial charge on any atom is -0.412 e. The number of piperidine rings is 1. The van der Waals surface area contributed by atoms with Crippen molar-refractivity contribution >= 4 is 17.0 Å². The van der Waals surface area contributed by atoms with Gasteiger partial charge in [-0.25, -0.2) is 14.0 Å². The second kappa shape index (κ2) is 13.4. The Bertz CT molecular complexity index is 1130. The molecule has 0 bridgehead atoms. The first-order valence-corrected chi connectivity index (χ1v) is 12.5. The minimum absolute atomic E-state index is 0. The minimum atomic E-state index is -1.69. The van der Waals surface area contributed by atoms with Crippen molar-refractivity contribution in [2.45, 2.75) is 36.7 Å². The molecule has 0 aliphatic carbocycles. The van der Waals surface area contributed by atoms with Crippen molar-refractivity contribution in [1.82, 2.24) is 15.4 Å². The van der Waals surface area contributed by atoms with Gasteiger partial charge in [0.05, 0.1) is 18.0 Å². The molecule has 1 saturated heterocycles. The number of carbonyl (C=O) groups is 1. The highest BCUT2D eigenvalue weighted by atomic mass is 32.2. The Kier molecular flexibility index (Phi) is 10.2. The molecule has 4 rings (SSSR count). The van der Waals surface area contributed by atoms with Gasteiger partial charge in [-0.2, -0.15) is 9.35 Å². The molecule has 2 heterocycles. The summed E-state index contributed by atoms with van der Waals surface area (Å²) in [5.41, 5.74) is 3.71. The summed E-state index contributed by atoms with van der Waals surface area (Å²) in [7, 11) is 1.43. The van der Waals surface area contributed by atoms with Crippen LogP contribution in [-0.2, 0) is 25.1 Å². The summed E-state index contributed by atoms with van der Waals surface area (Å²) in [5.74, 6) is -0.228. The van der Waals surface area contributed by atoms with E-state index in [4.69, 9.17) is 14.1 Å². The van der Waals surface area contributed by atoms with Crippen LogP contribution in [0.4, 0.5) is 0 Å². The Morgan fingerprint density at radius 1 is 1.08 bits per heavy atom. The molecule has 192 valence electrons. The molecule has 10 heteroatoms. The highest BCUT2D eigenvalue weighted by Gasteiger charge is 2.32.